The summed E-state index contributed by atoms with van der Waals surface area (Å²) in [5.74, 6) is 0. The molecule has 0 bridgehead atoms. The molecule has 2 rings (SSSR count). The predicted molar refractivity (Wildman–Crippen MR) is 80.5 cm³/mol. The molecule has 6 heteroatoms. The fourth-order valence-electron chi connectivity index (χ4n) is 1.69. The van der Waals surface area contributed by atoms with Crippen LogP contribution >= 0.6 is 11.6 Å². The van der Waals surface area contributed by atoms with E-state index in [1.165, 1.54) is 6.26 Å². The molecule has 0 N–H and O–H groups in total. The Labute approximate surface area is 123 Å². The summed E-state index contributed by atoms with van der Waals surface area (Å²) in [6.07, 6.45) is 2.91. The lowest BCUT2D eigenvalue weighted by molar-refractivity contribution is 0.591. The SMILES string of the molecule is Cc1ccc(-c2nc(C(C)S(C)(=O)=O)ccc2Cl)nc1. The van der Waals surface area contributed by atoms with E-state index >= 15 is 0 Å². The van der Waals surface area contributed by atoms with Crippen LogP contribution in [0.15, 0.2) is 30.5 Å². The highest BCUT2D eigenvalue weighted by molar-refractivity contribution is 7.90. The van der Waals surface area contributed by atoms with Crippen molar-refractivity contribution >= 4 is 21.4 Å². The molecular weight excluding hydrogens is 296 g/mol. The molecule has 20 heavy (non-hydrogen) atoms. The van der Waals surface area contributed by atoms with E-state index in [-0.39, 0.29) is 0 Å². The van der Waals surface area contributed by atoms with E-state index in [0.717, 1.165) is 5.56 Å². The third-order valence-corrected chi connectivity index (χ3v) is 4.91. The maximum Gasteiger partial charge on any atom is 0.155 e. The largest absolute Gasteiger partial charge is 0.254 e. The lowest BCUT2D eigenvalue weighted by Crippen LogP contribution is -2.10. The molecule has 2 aromatic heterocycles. The van der Waals surface area contributed by atoms with Gasteiger partial charge in [0.15, 0.2) is 9.84 Å². The van der Waals surface area contributed by atoms with Crippen molar-refractivity contribution in [1.29, 1.82) is 0 Å². The molecule has 1 atom stereocenters. The third-order valence-electron chi connectivity index (χ3n) is 3.08. The van der Waals surface area contributed by atoms with Gasteiger partial charge in [-0.2, -0.15) is 0 Å². The Kier molecular flexibility index (Phi) is 4.11. The van der Waals surface area contributed by atoms with Gasteiger partial charge in [0.25, 0.3) is 0 Å². The number of rotatable bonds is 3. The number of aromatic nitrogens is 2. The van der Waals surface area contributed by atoms with Crippen LogP contribution in [0.4, 0.5) is 0 Å². The summed E-state index contributed by atoms with van der Waals surface area (Å²) in [5, 5.41) is -0.227. The molecule has 0 amide bonds. The second-order valence-electron chi connectivity index (χ2n) is 4.76. The molecule has 106 valence electrons. The van der Waals surface area contributed by atoms with Crippen molar-refractivity contribution < 1.29 is 8.42 Å². The van der Waals surface area contributed by atoms with E-state index < -0.39 is 15.1 Å². The molecule has 0 radical (unpaired) electrons. The summed E-state index contributed by atoms with van der Waals surface area (Å²) in [6, 6.07) is 7.01. The van der Waals surface area contributed by atoms with E-state index in [1.807, 2.05) is 19.1 Å². The minimum absolute atomic E-state index is 0.450. The molecule has 0 aliphatic rings. The van der Waals surface area contributed by atoms with Crippen molar-refractivity contribution in [3.63, 3.8) is 0 Å². The smallest absolute Gasteiger partial charge is 0.155 e. The molecule has 0 fully saturated rings. The van der Waals surface area contributed by atoms with E-state index in [1.54, 1.807) is 25.3 Å². The van der Waals surface area contributed by atoms with Crippen LogP contribution in [0.5, 0.6) is 0 Å². The van der Waals surface area contributed by atoms with Gasteiger partial charge in [-0.1, -0.05) is 17.7 Å². The Hall–Kier alpha value is -1.46. The van der Waals surface area contributed by atoms with E-state index in [0.29, 0.717) is 22.1 Å². The molecule has 2 heterocycles. The zero-order valence-corrected chi connectivity index (χ0v) is 13.0. The highest BCUT2D eigenvalue weighted by Crippen LogP contribution is 2.28. The average Bonchev–Trinajstić information content (AvgIpc) is 2.39. The van der Waals surface area contributed by atoms with Gasteiger partial charge in [-0.15, -0.1) is 0 Å². The zero-order valence-electron chi connectivity index (χ0n) is 11.5. The Bertz CT molecular complexity index is 727. The van der Waals surface area contributed by atoms with Gasteiger partial charge in [0.05, 0.1) is 16.4 Å². The molecule has 0 saturated carbocycles. The van der Waals surface area contributed by atoms with E-state index in [2.05, 4.69) is 9.97 Å². The van der Waals surface area contributed by atoms with Crippen LogP contribution in [0, 0.1) is 6.92 Å². The number of nitrogens with zero attached hydrogens (tertiary/aromatic N) is 2. The molecule has 2 aromatic rings. The van der Waals surface area contributed by atoms with Crippen molar-refractivity contribution in [2.24, 2.45) is 0 Å². The maximum atomic E-state index is 11.6. The second-order valence-corrected chi connectivity index (χ2v) is 7.53. The van der Waals surface area contributed by atoms with Crippen LogP contribution in [0.3, 0.4) is 0 Å². The molecule has 0 spiro atoms. The van der Waals surface area contributed by atoms with Crippen molar-refractivity contribution in [1.82, 2.24) is 9.97 Å². The molecule has 0 aromatic carbocycles. The Morgan fingerprint density at radius 2 is 1.90 bits per heavy atom. The molecule has 0 aliphatic carbocycles. The van der Waals surface area contributed by atoms with Gasteiger partial charge in [0.1, 0.15) is 10.9 Å². The topological polar surface area (TPSA) is 59.9 Å². The second kappa shape index (κ2) is 5.50. The van der Waals surface area contributed by atoms with E-state index in [4.69, 9.17) is 11.6 Å². The number of pyridine rings is 2. The standard InChI is InChI=1S/C14H15ClN2O2S/c1-9-4-6-13(16-8-9)14-11(15)5-7-12(17-14)10(2)20(3,18)19/h4-8,10H,1-3H3. The van der Waals surface area contributed by atoms with Gasteiger partial charge < -0.3 is 0 Å². The first kappa shape index (κ1) is 14.9. The third kappa shape index (κ3) is 3.16. The monoisotopic (exact) mass is 310 g/mol. The minimum atomic E-state index is -3.20. The van der Waals surface area contributed by atoms with E-state index in [9.17, 15) is 8.42 Å². The predicted octanol–water partition coefficient (Wildman–Crippen LogP) is 3.21. The van der Waals surface area contributed by atoms with Crippen LogP contribution in [-0.2, 0) is 9.84 Å². The van der Waals surface area contributed by atoms with Crippen LogP contribution in [0.25, 0.3) is 11.4 Å². The highest BCUT2D eigenvalue weighted by atomic mass is 35.5. The van der Waals surface area contributed by atoms with Gasteiger partial charge in [-0.25, -0.2) is 13.4 Å². The highest BCUT2D eigenvalue weighted by Gasteiger charge is 2.20. The van der Waals surface area contributed by atoms with Crippen molar-refractivity contribution in [2.45, 2.75) is 19.1 Å². The first-order valence-corrected chi connectivity index (χ1v) is 8.40. The summed E-state index contributed by atoms with van der Waals surface area (Å²) >= 11 is 6.14. The Morgan fingerprint density at radius 3 is 2.45 bits per heavy atom. The van der Waals surface area contributed by atoms with Crippen LogP contribution in [-0.4, -0.2) is 24.6 Å². The Balaban J connectivity index is 2.52. The summed E-state index contributed by atoms with van der Waals surface area (Å²) in [5.41, 5.74) is 2.63. The van der Waals surface area contributed by atoms with Gasteiger partial charge in [-0.05, 0) is 37.6 Å². The fraction of sp³-hybridized carbons (Fsp3) is 0.286. The first-order chi connectivity index (χ1) is 9.29. The van der Waals surface area contributed by atoms with Crippen LogP contribution in [0.1, 0.15) is 23.4 Å². The number of sulfone groups is 1. The number of hydrogen-bond donors (Lipinski definition) is 0. The lowest BCUT2D eigenvalue weighted by Gasteiger charge is -2.11. The number of aryl methyl sites for hydroxylation is 1. The fourth-order valence-corrected chi connectivity index (χ4v) is 2.46. The average molecular weight is 311 g/mol. The summed E-state index contributed by atoms with van der Waals surface area (Å²) < 4.78 is 23.2. The van der Waals surface area contributed by atoms with Gasteiger partial charge in [0.2, 0.25) is 0 Å². The van der Waals surface area contributed by atoms with Crippen molar-refractivity contribution in [3.8, 4) is 11.4 Å². The van der Waals surface area contributed by atoms with Crippen LogP contribution < -0.4 is 0 Å². The summed E-state index contributed by atoms with van der Waals surface area (Å²) in [4.78, 5) is 8.64. The molecule has 0 saturated heterocycles. The van der Waals surface area contributed by atoms with Gasteiger partial charge in [0, 0.05) is 12.5 Å². The quantitative estimate of drug-likeness (QED) is 0.873. The molecule has 0 aliphatic heterocycles. The normalized spacial score (nSPS) is 13.2. The van der Waals surface area contributed by atoms with Gasteiger partial charge in [-0.3, -0.25) is 4.98 Å². The summed E-state index contributed by atoms with van der Waals surface area (Å²) in [7, 11) is -3.20. The molecular formula is C14H15ClN2O2S. The minimum Gasteiger partial charge on any atom is -0.254 e. The maximum absolute atomic E-state index is 11.6. The summed E-state index contributed by atoms with van der Waals surface area (Å²) in [6.45, 7) is 3.55. The van der Waals surface area contributed by atoms with Gasteiger partial charge >= 0.3 is 0 Å². The Morgan fingerprint density at radius 1 is 1.20 bits per heavy atom. The first-order valence-electron chi connectivity index (χ1n) is 6.07. The number of halogens is 1. The lowest BCUT2D eigenvalue weighted by atomic mass is 10.2. The van der Waals surface area contributed by atoms with Crippen molar-refractivity contribution in [3.05, 3.63) is 46.7 Å². The molecule has 4 nitrogen and oxygen atoms in total. The number of hydrogen-bond acceptors (Lipinski definition) is 4. The van der Waals surface area contributed by atoms with Crippen molar-refractivity contribution in [2.75, 3.05) is 6.26 Å². The van der Waals surface area contributed by atoms with Crippen LogP contribution in [0.2, 0.25) is 5.02 Å². The molecule has 1 unspecified atom stereocenters. The zero-order chi connectivity index (χ0) is 14.9.